The number of carbonyl (C=O) groups excluding carboxylic acids is 1. The number of nitrogens with zero attached hydrogens (tertiary/aromatic N) is 1. The van der Waals surface area contributed by atoms with Gasteiger partial charge in [-0.25, -0.2) is 4.79 Å². The van der Waals surface area contributed by atoms with Crippen molar-refractivity contribution >= 4 is 11.7 Å². The van der Waals surface area contributed by atoms with Crippen molar-refractivity contribution in [1.29, 1.82) is 0 Å². The maximum atomic E-state index is 11.7. The molecule has 0 heterocycles. The summed E-state index contributed by atoms with van der Waals surface area (Å²) in [6, 6.07) is 11.7. The van der Waals surface area contributed by atoms with Gasteiger partial charge in [0.1, 0.15) is 5.75 Å². The molecule has 0 unspecified atom stereocenters. The molecule has 0 amide bonds. The first-order chi connectivity index (χ1) is 9.08. The van der Waals surface area contributed by atoms with Crippen LogP contribution in [-0.2, 0) is 0 Å². The van der Waals surface area contributed by atoms with E-state index in [-0.39, 0.29) is 5.56 Å². The van der Waals surface area contributed by atoms with E-state index in [1.165, 1.54) is 6.07 Å². The Bertz CT molecular complexity index is 624. The summed E-state index contributed by atoms with van der Waals surface area (Å²) in [5.74, 6) is -0.922. The fourth-order valence-electron chi connectivity index (χ4n) is 1.46. The lowest BCUT2D eigenvalue weighted by atomic mass is 10.2. The van der Waals surface area contributed by atoms with E-state index in [0.717, 1.165) is 12.1 Å². The van der Waals surface area contributed by atoms with Crippen molar-refractivity contribution in [3.8, 4) is 11.5 Å². The molecule has 0 bridgehead atoms. The normalized spacial score (nSPS) is 9.89. The van der Waals surface area contributed by atoms with Gasteiger partial charge in [0.05, 0.1) is 10.5 Å². The van der Waals surface area contributed by atoms with Gasteiger partial charge in [0.25, 0.3) is 0 Å². The Morgan fingerprint density at radius 2 is 1.84 bits per heavy atom. The Kier molecular flexibility index (Phi) is 3.42. The number of hydrogen-bond donors (Lipinski definition) is 1. The van der Waals surface area contributed by atoms with Crippen LogP contribution in [0.4, 0.5) is 5.69 Å². The zero-order chi connectivity index (χ0) is 13.8. The molecule has 2 rings (SSSR count). The summed E-state index contributed by atoms with van der Waals surface area (Å²) in [6.45, 7) is 0. The highest BCUT2D eigenvalue weighted by atomic mass is 16.6. The average molecular weight is 259 g/mol. The quantitative estimate of drug-likeness (QED) is 0.396. The molecule has 0 spiro atoms. The summed E-state index contributed by atoms with van der Waals surface area (Å²) in [5, 5.41) is 20.0. The van der Waals surface area contributed by atoms with Crippen LogP contribution in [0, 0.1) is 10.1 Å². The molecule has 0 saturated heterocycles. The molecule has 0 aromatic heterocycles. The van der Waals surface area contributed by atoms with Gasteiger partial charge < -0.3 is 9.84 Å². The second-order valence-corrected chi connectivity index (χ2v) is 3.66. The Morgan fingerprint density at radius 3 is 2.42 bits per heavy atom. The van der Waals surface area contributed by atoms with Gasteiger partial charge in [-0.2, -0.15) is 0 Å². The highest BCUT2D eigenvalue weighted by Crippen LogP contribution is 2.26. The van der Waals surface area contributed by atoms with Crippen LogP contribution < -0.4 is 4.74 Å². The van der Waals surface area contributed by atoms with Crippen LogP contribution in [-0.4, -0.2) is 16.0 Å². The van der Waals surface area contributed by atoms with Gasteiger partial charge >= 0.3 is 11.7 Å². The number of ether oxygens (including phenoxy) is 1. The van der Waals surface area contributed by atoms with Crippen molar-refractivity contribution in [1.82, 2.24) is 0 Å². The number of aromatic hydroxyl groups is 1. The van der Waals surface area contributed by atoms with Gasteiger partial charge in [-0.1, -0.05) is 18.2 Å². The minimum absolute atomic E-state index is 0.0342. The number of nitro benzene ring substituents is 1. The van der Waals surface area contributed by atoms with Gasteiger partial charge in [-0.05, 0) is 18.2 Å². The Balaban J connectivity index is 2.21. The van der Waals surface area contributed by atoms with Gasteiger partial charge in [0, 0.05) is 12.1 Å². The molecule has 0 radical (unpaired) electrons. The summed E-state index contributed by atoms with van der Waals surface area (Å²) in [7, 11) is 0. The lowest BCUT2D eigenvalue weighted by Gasteiger charge is -2.04. The first-order valence-electron chi connectivity index (χ1n) is 5.32. The summed E-state index contributed by atoms with van der Waals surface area (Å²) in [6.07, 6.45) is 0. The third-order valence-corrected chi connectivity index (χ3v) is 2.36. The molecule has 0 saturated carbocycles. The van der Waals surface area contributed by atoms with Crippen LogP contribution in [0.5, 0.6) is 11.5 Å². The summed E-state index contributed by atoms with van der Waals surface area (Å²) < 4.78 is 5.04. The van der Waals surface area contributed by atoms with Crippen molar-refractivity contribution in [3.63, 3.8) is 0 Å². The summed E-state index contributed by atoms with van der Waals surface area (Å²) in [5.41, 5.74) is -0.428. The number of benzene rings is 2. The number of rotatable bonds is 3. The predicted molar refractivity (Wildman–Crippen MR) is 66.2 cm³/mol. The number of esters is 1. The van der Waals surface area contributed by atoms with Crippen LogP contribution in [0.2, 0.25) is 0 Å². The third kappa shape index (κ3) is 2.86. The number of carbonyl (C=O) groups is 1. The van der Waals surface area contributed by atoms with Crippen LogP contribution in [0.25, 0.3) is 0 Å². The molecule has 0 aliphatic carbocycles. The average Bonchev–Trinajstić information content (AvgIpc) is 2.39. The van der Waals surface area contributed by atoms with Crippen LogP contribution in [0.15, 0.2) is 48.5 Å². The highest BCUT2D eigenvalue weighted by molar-refractivity contribution is 5.92. The Hall–Kier alpha value is -2.89. The first kappa shape index (κ1) is 12.6. The molecule has 6 nitrogen and oxygen atoms in total. The van der Waals surface area contributed by atoms with E-state index in [1.54, 1.807) is 30.3 Å². The predicted octanol–water partition coefficient (Wildman–Crippen LogP) is 2.52. The largest absolute Gasteiger partial charge is 0.502 e. The second-order valence-electron chi connectivity index (χ2n) is 3.66. The Morgan fingerprint density at radius 1 is 1.16 bits per heavy atom. The fraction of sp³-hybridized carbons (Fsp3) is 0. The van der Waals surface area contributed by atoms with Crippen LogP contribution >= 0.6 is 0 Å². The molecule has 2 aromatic rings. The van der Waals surface area contributed by atoms with Crippen LogP contribution in [0.1, 0.15) is 10.4 Å². The van der Waals surface area contributed by atoms with E-state index in [2.05, 4.69) is 0 Å². The summed E-state index contributed by atoms with van der Waals surface area (Å²) in [4.78, 5) is 21.5. The number of phenols is 1. The van der Waals surface area contributed by atoms with Gasteiger partial charge in [0.2, 0.25) is 0 Å². The molecule has 0 atom stereocenters. The van der Waals surface area contributed by atoms with E-state index in [1.807, 2.05) is 0 Å². The van der Waals surface area contributed by atoms with Crippen molar-refractivity contribution in [3.05, 3.63) is 64.2 Å². The lowest BCUT2D eigenvalue weighted by molar-refractivity contribution is -0.385. The number of nitro groups is 1. The van der Waals surface area contributed by atoms with Gasteiger partial charge in [-0.15, -0.1) is 0 Å². The molecule has 2 aromatic carbocycles. The third-order valence-electron chi connectivity index (χ3n) is 2.36. The van der Waals surface area contributed by atoms with Crippen molar-refractivity contribution in [2.75, 3.05) is 0 Å². The second kappa shape index (κ2) is 5.18. The monoisotopic (exact) mass is 259 g/mol. The molecule has 0 aliphatic heterocycles. The summed E-state index contributed by atoms with van der Waals surface area (Å²) >= 11 is 0. The topological polar surface area (TPSA) is 89.7 Å². The van der Waals surface area contributed by atoms with Gasteiger partial charge in [-0.3, -0.25) is 10.1 Å². The lowest BCUT2D eigenvalue weighted by Crippen LogP contribution is -2.08. The molecule has 19 heavy (non-hydrogen) atoms. The maximum absolute atomic E-state index is 11.7. The minimum atomic E-state index is -0.734. The van der Waals surface area contributed by atoms with Crippen molar-refractivity contribution in [2.24, 2.45) is 0 Å². The Labute approximate surface area is 108 Å². The van der Waals surface area contributed by atoms with E-state index in [0.29, 0.717) is 5.75 Å². The zero-order valence-electron chi connectivity index (χ0n) is 9.65. The number of hydrogen-bond acceptors (Lipinski definition) is 5. The van der Waals surface area contributed by atoms with E-state index in [4.69, 9.17) is 4.74 Å². The minimum Gasteiger partial charge on any atom is -0.502 e. The molecule has 0 fully saturated rings. The smallest absolute Gasteiger partial charge is 0.343 e. The molecular weight excluding hydrogens is 250 g/mol. The van der Waals surface area contributed by atoms with Crippen molar-refractivity contribution in [2.45, 2.75) is 0 Å². The molecule has 0 aliphatic rings. The maximum Gasteiger partial charge on any atom is 0.343 e. The first-order valence-corrected chi connectivity index (χ1v) is 5.32. The van der Waals surface area contributed by atoms with E-state index >= 15 is 0 Å². The standard InChI is InChI=1S/C13H9NO5/c15-12-8-9(6-7-11(12)14(17)18)13(16)19-10-4-2-1-3-5-10/h1-8,15H. The molecule has 1 N–H and O–H groups in total. The van der Waals surface area contributed by atoms with Crippen LogP contribution in [0.3, 0.4) is 0 Å². The molecular formula is C13H9NO5. The zero-order valence-corrected chi connectivity index (χ0v) is 9.65. The molecule has 96 valence electrons. The SMILES string of the molecule is O=C(Oc1ccccc1)c1ccc([N+](=O)[O-])c(O)c1. The number of para-hydroxylation sites is 1. The van der Waals surface area contributed by atoms with Gasteiger partial charge in [0.15, 0.2) is 5.75 Å². The molecule has 6 heteroatoms. The number of phenolic OH excluding ortho intramolecular Hbond substituents is 1. The van der Waals surface area contributed by atoms with E-state index < -0.39 is 22.3 Å². The highest BCUT2D eigenvalue weighted by Gasteiger charge is 2.17. The fourth-order valence-corrected chi connectivity index (χ4v) is 1.46. The van der Waals surface area contributed by atoms with Crippen molar-refractivity contribution < 1.29 is 19.6 Å². The van der Waals surface area contributed by atoms with E-state index in [9.17, 15) is 20.0 Å².